The molecular formula is C15H21N3O4S. The molecule has 126 valence electrons. The molecule has 0 aliphatic carbocycles. The lowest BCUT2D eigenvalue weighted by atomic mass is 10.2. The third kappa shape index (κ3) is 4.97. The summed E-state index contributed by atoms with van der Waals surface area (Å²) < 4.78 is 21.5. The quantitative estimate of drug-likeness (QED) is 0.460. The normalized spacial score (nSPS) is 14.4. The summed E-state index contributed by atoms with van der Waals surface area (Å²) in [6.45, 7) is 3.55. The van der Waals surface area contributed by atoms with E-state index in [1.54, 1.807) is 20.4 Å². The van der Waals surface area contributed by atoms with E-state index in [2.05, 4.69) is 15.8 Å². The molecule has 1 aliphatic heterocycles. The molecule has 7 nitrogen and oxygen atoms in total. The van der Waals surface area contributed by atoms with Crippen molar-refractivity contribution < 1.29 is 18.9 Å². The standard InChI is InChI=1S/C15H21N3O4S/c1-10(9-19-2)17-15(23)18-16-8-11-6-12(20-3)14-13(7-11)21-4-5-22-14/h6-8,10H,4-5,9H2,1-3H3,(H2,17,18,23)/b16-8-/t10-/m0/s1. The van der Waals surface area contributed by atoms with Gasteiger partial charge in [-0.3, -0.25) is 5.43 Å². The third-order valence-electron chi connectivity index (χ3n) is 3.02. The number of rotatable bonds is 6. The van der Waals surface area contributed by atoms with Crippen molar-refractivity contribution in [3.8, 4) is 17.2 Å². The minimum atomic E-state index is 0.101. The Hall–Kier alpha value is -2.06. The molecule has 23 heavy (non-hydrogen) atoms. The lowest BCUT2D eigenvalue weighted by Crippen LogP contribution is -2.40. The largest absolute Gasteiger partial charge is 0.493 e. The van der Waals surface area contributed by atoms with E-state index < -0.39 is 0 Å². The van der Waals surface area contributed by atoms with Crippen molar-refractivity contribution in [2.45, 2.75) is 13.0 Å². The number of hydrogen-bond donors (Lipinski definition) is 2. The monoisotopic (exact) mass is 339 g/mol. The van der Waals surface area contributed by atoms with Gasteiger partial charge in [-0.25, -0.2) is 0 Å². The molecule has 0 spiro atoms. The van der Waals surface area contributed by atoms with Crippen LogP contribution in [0, 0.1) is 0 Å². The average Bonchev–Trinajstić information content (AvgIpc) is 2.54. The lowest BCUT2D eigenvalue weighted by molar-refractivity contribution is 0.165. The van der Waals surface area contributed by atoms with Crippen molar-refractivity contribution in [2.24, 2.45) is 5.10 Å². The number of thiocarbonyl (C=S) groups is 1. The van der Waals surface area contributed by atoms with E-state index in [4.69, 9.17) is 31.2 Å². The van der Waals surface area contributed by atoms with E-state index in [0.29, 0.717) is 42.2 Å². The van der Waals surface area contributed by atoms with Crippen LogP contribution in [-0.2, 0) is 4.74 Å². The van der Waals surface area contributed by atoms with Gasteiger partial charge in [0.15, 0.2) is 16.6 Å². The molecule has 0 fully saturated rings. The summed E-state index contributed by atoms with van der Waals surface area (Å²) in [5.74, 6) is 1.87. The van der Waals surface area contributed by atoms with Gasteiger partial charge in [-0.1, -0.05) is 0 Å². The Labute approximate surface area is 140 Å². The first kappa shape index (κ1) is 17.3. The molecule has 1 aromatic rings. The number of hydrazone groups is 1. The van der Waals surface area contributed by atoms with Crippen LogP contribution in [0.25, 0.3) is 0 Å². The first-order chi connectivity index (χ1) is 11.1. The van der Waals surface area contributed by atoms with Gasteiger partial charge in [0.25, 0.3) is 0 Å². The van der Waals surface area contributed by atoms with E-state index in [9.17, 15) is 0 Å². The highest BCUT2D eigenvalue weighted by Crippen LogP contribution is 2.39. The van der Waals surface area contributed by atoms with Crippen molar-refractivity contribution >= 4 is 23.5 Å². The van der Waals surface area contributed by atoms with Crippen LogP contribution in [0.4, 0.5) is 0 Å². The van der Waals surface area contributed by atoms with E-state index in [1.165, 1.54) is 0 Å². The number of nitrogens with one attached hydrogen (secondary N) is 2. The molecule has 1 heterocycles. The molecule has 8 heteroatoms. The summed E-state index contributed by atoms with van der Waals surface area (Å²) in [4.78, 5) is 0. The van der Waals surface area contributed by atoms with Crippen LogP contribution in [0.2, 0.25) is 0 Å². The fraction of sp³-hybridized carbons (Fsp3) is 0.467. The number of nitrogens with zero attached hydrogens (tertiary/aromatic N) is 1. The maximum atomic E-state index is 5.57. The minimum Gasteiger partial charge on any atom is -0.493 e. The van der Waals surface area contributed by atoms with E-state index in [-0.39, 0.29) is 6.04 Å². The van der Waals surface area contributed by atoms with Crippen LogP contribution in [-0.4, -0.2) is 51.4 Å². The molecule has 0 unspecified atom stereocenters. The molecule has 2 rings (SSSR count). The number of benzene rings is 1. The van der Waals surface area contributed by atoms with Crippen LogP contribution in [0.1, 0.15) is 12.5 Å². The molecule has 0 amide bonds. The lowest BCUT2D eigenvalue weighted by Gasteiger charge is -2.20. The second kappa shape index (κ2) is 8.54. The molecule has 0 bridgehead atoms. The maximum Gasteiger partial charge on any atom is 0.203 e. The van der Waals surface area contributed by atoms with Gasteiger partial charge < -0.3 is 24.3 Å². The van der Waals surface area contributed by atoms with Crippen molar-refractivity contribution in [3.63, 3.8) is 0 Å². The first-order valence-corrected chi connectivity index (χ1v) is 7.61. The van der Waals surface area contributed by atoms with Gasteiger partial charge in [-0.15, -0.1) is 0 Å². The second-order valence-electron chi connectivity index (χ2n) is 4.95. The zero-order chi connectivity index (χ0) is 16.7. The smallest absolute Gasteiger partial charge is 0.203 e. The Morgan fingerprint density at radius 1 is 1.39 bits per heavy atom. The summed E-state index contributed by atoms with van der Waals surface area (Å²) in [6, 6.07) is 3.76. The highest BCUT2D eigenvalue weighted by atomic mass is 32.1. The predicted molar refractivity (Wildman–Crippen MR) is 91.8 cm³/mol. The average molecular weight is 339 g/mol. The summed E-state index contributed by atoms with van der Waals surface area (Å²) in [5.41, 5.74) is 3.57. The molecule has 0 saturated heterocycles. The summed E-state index contributed by atoms with van der Waals surface area (Å²) in [7, 11) is 3.23. The fourth-order valence-corrected chi connectivity index (χ4v) is 2.33. The van der Waals surface area contributed by atoms with Crippen molar-refractivity contribution in [1.82, 2.24) is 10.7 Å². The molecule has 0 saturated carbocycles. The third-order valence-corrected chi connectivity index (χ3v) is 3.23. The summed E-state index contributed by atoms with van der Waals surface area (Å²) in [6.07, 6.45) is 1.63. The molecule has 1 aliphatic rings. The number of fused-ring (bicyclic) bond motifs is 1. The Bertz CT molecular complexity index is 563. The van der Waals surface area contributed by atoms with Crippen molar-refractivity contribution in [1.29, 1.82) is 0 Å². The van der Waals surface area contributed by atoms with Crippen LogP contribution < -0.4 is 25.0 Å². The predicted octanol–water partition coefficient (Wildman–Crippen LogP) is 1.30. The van der Waals surface area contributed by atoms with E-state index in [1.807, 2.05) is 19.1 Å². The highest BCUT2D eigenvalue weighted by molar-refractivity contribution is 7.80. The summed E-state index contributed by atoms with van der Waals surface area (Å²) >= 11 is 5.14. The van der Waals surface area contributed by atoms with Crippen LogP contribution in [0.15, 0.2) is 17.2 Å². The van der Waals surface area contributed by atoms with Gasteiger partial charge in [-0.05, 0) is 31.3 Å². The molecular weight excluding hydrogens is 318 g/mol. The SMILES string of the molecule is COC[C@H](C)NC(=S)N/N=C\c1cc(OC)c2c(c1)OCCO2. The Morgan fingerprint density at radius 3 is 2.91 bits per heavy atom. The molecule has 1 aromatic carbocycles. The van der Waals surface area contributed by atoms with Crippen LogP contribution in [0.5, 0.6) is 17.2 Å². The Morgan fingerprint density at radius 2 is 2.17 bits per heavy atom. The van der Waals surface area contributed by atoms with E-state index >= 15 is 0 Å². The van der Waals surface area contributed by atoms with Gasteiger partial charge in [-0.2, -0.15) is 5.10 Å². The van der Waals surface area contributed by atoms with Gasteiger partial charge in [0.05, 0.1) is 19.9 Å². The number of methoxy groups -OCH3 is 2. The number of ether oxygens (including phenoxy) is 4. The summed E-state index contributed by atoms with van der Waals surface area (Å²) in [5, 5.41) is 7.59. The Balaban J connectivity index is 1.98. The zero-order valence-corrected chi connectivity index (χ0v) is 14.2. The molecule has 0 aromatic heterocycles. The van der Waals surface area contributed by atoms with Crippen molar-refractivity contribution in [2.75, 3.05) is 34.0 Å². The first-order valence-electron chi connectivity index (χ1n) is 7.20. The zero-order valence-electron chi connectivity index (χ0n) is 13.4. The van der Waals surface area contributed by atoms with E-state index in [0.717, 1.165) is 5.56 Å². The van der Waals surface area contributed by atoms with Crippen LogP contribution in [0.3, 0.4) is 0 Å². The highest BCUT2D eigenvalue weighted by Gasteiger charge is 2.17. The second-order valence-corrected chi connectivity index (χ2v) is 5.36. The fourth-order valence-electron chi connectivity index (χ4n) is 2.08. The van der Waals surface area contributed by atoms with Gasteiger partial charge in [0.2, 0.25) is 5.75 Å². The minimum absolute atomic E-state index is 0.101. The molecule has 2 N–H and O–H groups in total. The van der Waals surface area contributed by atoms with Crippen LogP contribution >= 0.6 is 12.2 Å². The molecule has 1 atom stereocenters. The van der Waals surface area contributed by atoms with Gasteiger partial charge in [0, 0.05) is 18.7 Å². The van der Waals surface area contributed by atoms with Gasteiger partial charge >= 0.3 is 0 Å². The maximum absolute atomic E-state index is 5.57. The van der Waals surface area contributed by atoms with Crippen molar-refractivity contribution in [3.05, 3.63) is 17.7 Å². The number of hydrogen-bond acceptors (Lipinski definition) is 6. The van der Waals surface area contributed by atoms with Gasteiger partial charge in [0.1, 0.15) is 13.2 Å². The topological polar surface area (TPSA) is 73.3 Å². The molecule has 0 radical (unpaired) electrons. The Kier molecular flexibility index (Phi) is 6.42.